The summed E-state index contributed by atoms with van der Waals surface area (Å²) in [4.78, 5) is 36.9. The summed E-state index contributed by atoms with van der Waals surface area (Å²) in [6.07, 6.45) is 0. The number of aromatic amines is 2. The van der Waals surface area contributed by atoms with Crippen LogP contribution in [0.5, 0.6) is 0 Å². The quantitative estimate of drug-likeness (QED) is 0.475. The molecule has 1 amide bonds. The number of aromatic nitrogens is 3. The second-order valence-electron chi connectivity index (χ2n) is 5.86. The second kappa shape index (κ2) is 8.50. The van der Waals surface area contributed by atoms with Crippen molar-refractivity contribution in [3.63, 3.8) is 0 Å². The molecule has 0 bridgehead atoms. The summed E-state index contributed by atoms with van der Waals surface area (Å²) in [7, 11) is -3.61. The van der Waals surface area contributed by atoms with Gasteiger partial charge in [0.25, 0.3) is 5.56 Å². The van der Waals surface area contributed by atoms with Crippen LogP contribution in [0.15, 0.2) is 43.8 Å². The highest BCUT2D eigenvalue weighted by Gasteiger charge is 2.19. The molecule has 12 heteroatoms. The lowest BCUT2D eigenvalue weighted by Gasteiger charge is -2.12. The number of rotatable bonds is 7. The average Bonchev–Trinajstić information content (AvgIpc) is 2.56. The zero-order valence-electron chi connectivity index (χ0n) is 14.8. The highest BCUT2D eigenvalue weighted by Crippen LogP contribution is 2.19. The Morgan fingerprint density at radius 2 is 1.78 bits per heavy atom. The van der Waals surface area contributed by atoms with Gasteiger partial charge in [0.1, 0.15) is 0 Å². The zero-order chi connectivity index (χ0) is 20.2. The predicted molar refractivity (Wildman–Crippen MR) is 101 cm³/mol. The molecule has 4 N–H and O–H groups in total. The van der Waals surface area contributed by atoms with Crippen LogP contribution in [-0.2, 0) is 14.8 Å². The topological polar surface area (TPSA) is 154 Å². The largest absolute Gasteiger partial charge is 0.342 e. The second-order valence-corrected chi connectivity index (χ2v) is 8.91. The van der Waals surface area contributed by atoms with Crippen molar-refractivity contribution in [2.75, 3.05) is 5.32 Å². The maximum Gasteiger partial charge on any atom is 0.342 e. The fourth-order valence-electron chi connectivity index (χ4n) is 1.98. The molecule has 0 saturated heterocycles. The summed E-state index contributed by atoms with van der Waals surface area (Å²) in [5.41, 5.74) is -1.02. The summed E-state index contributed by atoms with van der Waals surface area (Å²) < 4.78 is 26.6. The number of amides is 1. The molecular formula is C15H19N5O5S2. The molecule has 0 radical (unpaired) electrons. The van der Waals surface area contributed by atoms with E-state index in [1.807, 2.05) is 4.98 Å². The smallest absolute Gasteiger partial charge is 0.325 e. The number of anilines is 1. The standard InChI is InChI=1S/C15H19N5O5S2/c1-8(2)20-27(24,25)11-6-4-10(5-7-11)16-12(21)9(3)26-14-13(22)17-15(23)19-18-14/h4-9,20H,1-3H3,(H,16,21)(H2,17,19,22,23). The number of nitrogens with zero attached hydrogens (tertiary/aromatic N) is 1. The number of carbonyl (C=O) groups excluding carboxylic acids is 1. The molecular weight excluding hydrogens is 394 g/mol. The molecule has 2 rings (SSSR count). The molecule has 0 spiro atoms. The monoisotopic (exact) mass is 413 g/mol. The van der Waals surface area contributed by atoms with E-state index in [1.54, 1.807) is 20.8 Å². The Labute approximate surface area is 159 Å². The van der Waals surface area contributed by atoms with Crippen molar-refractivity contribution in [2.45, 2.75) is 42.0 Å². The molecule has 1 unspecified atom stereocenters. The highest BCUT2D eigenvalue weighted by molar-refractivity contribution is 8.00. The fourth-order valence-corrected chi connectivity index (χ4v) is 3.99. The fraction of sp³-hybridized carbons (Fsp3) is 0.333. The van der Waals surface area contributed by atoms with Crippen LogP contribution in [0.25, 0.3) is 0 Å². The molecule has 0 aliphatic carbocycles. The number of hydrogen-bond acceptors (Lipinski definition) is 7. The lowest BCUT2D eigenvalue weighted by atomic mass is 10.3. The van der Waals surface area contributed by atoms with Crippen LogP contribution in [0.3, 0.4) is 0 Å². The third-order valence-corrected chi connectivity index (χ3v) is 5.90. The number of carbonyl (C=O) groups is 1. The van der Waals surface area contributed by atoms with E-state index in [0.29, 0.717) is 5.69 Å². The van der Waals surface area contributed by atoms with Crippen molar-refractivity contribution in [3.05, 3.63) is 45.1 Å². The first-order valence-electron chi connectivity index (χ1n) is 7.87. The van der Waals surface area contributed by atoms with Crippen LogP contribution in [0.4, 0.5) is 5.69 Å². The summed E-state index contributed by atoms with van der Waals surface area (Å²) in [5, 5.41) is 7.59. The third-order valence-electron chi connectivity index (χ3n) is 3.16. The van der Waals surface area contributed by atoms with Gasteiger partial charge >= 0.3 is 5.69 Å². The zero-order valence-corrected chi connectivity index (χ0v) is 16.4. The van der Waals surface area contributed by atoms with Crippen molar-refractivity contribution in [3.8, 4) is 0 Å². The molecule has 1 aromatic heterocycles. The lowest BCUT2D eigenvalue weighted by molar-refractivity contribution is -0.115. The molecule has 146 valence electrons. The minimum atomic E-state index is -3.61. The Bertz CT molecular complexity index is 1030. The van der Waals surface area contributed by atoms with Crippen LogP contribution >= 0.6 is 11.8 Å². The number of sulfonamides is 1. The van der Waals surface area contributed by atoms with Gasteiger partial charge in [-0.05, 0) is 45.0 Å². The number of hydrogen-bond donors (Lipinski definition) is 4. The molecule has 2 aromatic rings. The van der Waals surface area contributed by atoms with Gasteiger partial charge < -0.3 is 5.32 Å². The van der Waals surface area contributed by atoms with E-state index < -0.39 is 32.4 Å². The first kappa shape index (κ1) is 20.9. The summed E-state index contributed by atoms with van der Waals surface area (Å²) in [5.74, 6) is -0.414. The molecule has 0 aliphatic rings. The molecule has 27 heavy (non-hydrogen) atoms. The Morgan fingerprint density at radius 3 is 2.33 bits per heavy atom. The third kappa shape index (κ3) is 5.77. The van der Waals surface area contributed by atoms with Crippen molar-refractivity contribution in [1.82, 2.24) is 19.9 Å². The van der Waals surface area contributed by atoms with Gasteiger partial charge in [-0.3, -0.25) is 14.6 Å². The Kier molecular flexibility index (Phi) is 6.57. The maximum absolute atomic E-state index is 12.2. The summed E-state index contributed by atoms with van der Waals surface area (Å²) >= 11 is 0.878. The van der Waals surface area contributed by atoms with Gasteiger partial charge in [0.2, 0.25) is 15.9 Å². The van der Waals surface area contributed by atoms with Gasteiger partial charge in [0.05, 0.1) is 10.1 Å². The Balaban J connectivity index is 2.05. The summed E-state index contributed by atoms with van der Waals surface area (Å²) in [6, 6.07) is 5.46. The molecule has 0 saturated carbocycles. The summed E-state index contributed by atoms with van der Waals surface area (Å²) in [6.45, 7) is 5.00. The van der Waals surface area contributed by atoms with E-state index in [0.717, 1.165) is 11.8 Å². The van der Waals surface area contributed by atoms with Crippen molar-refractivity contribution in [1.29, 1.82) is 0 Å². The Hall–Kier alpha value is -2.44. The molecule has 1 aromatic carbocycles. The van der Waals surface area contributed by atoms with Gasteiger partial charge in [-0.2, -0.15) is 5.10 Å². The van der Waals surface area contributed by atoms with Crippen LogP contribution in [0, 0.1) is 0 Å². The van der Waals surface area contributed by atoms with Crippen molar-refractivity contribution in [2.24, 2.45) is 0 Å². The maximum atomic E-state index is 12.2. The van der Waals surface area contributed by atoms with E-state index in [4.69, 9.17) is 0 Å². The normalized spacial score (nSPS) is 12.7. The van der Waals surface area contributed by atoms with Gasteiger partial charge in [0.15, 0.2) is 5.03 Å². The molecule has 0 fully saturated rings. The van der Waals surface area contributed by atoms with Crippen LogP contribution in [0.1, 0.15) is 20.8 Å². The van der Waals surface area contributed by atoms with Crippen LogP contribution < -0.4 is 21.3 Å². The van der Waals surface area contributed by atoms with E-state index >= 15 is 0 Å². The van der Waals surface area contributed by atoms with E-state index in [2.05, 4.69) is 20.2 Å². The van der Waals surface area contributed by atoms with E-state index in [9.17, 15) is 22.8 Å². The molecule has 0 aliphatic heterocycles. The van der Waals surface area contributed by atoms with Gasteiger partial charge in [-0.15, -0.1) is 0 Å². The number of thioether (sulfide) groups is 1. The molecule has 1 heterocycles. The van der Waals surface area contributed by atoms with E-state index in [-0.39, 0.29) is 16.0 Å². The number of H-pyrrole nitrogens is 2. The average molecular weight is 413 g/mol. The van der Waals surface area contributed by atoms with Gasteiger partial charge in [-0.25, -0.2) is 23.0 Å². The number of benzene rings is 1. The minimum Gasteiger partial charge on any atom is -0.325 e. The first-order chi connectivity index (χ1) is 12.6. The molecule has 1 atom stereocenters. The minimum absolute atomic E-state index is 0.0431. The van der Waals surface area contributed by atoms with E-state index in [1.165, 1.54) is 24.3 Å². The first-order valence-corrected chi connectivity index (χ1v) is 10.2. The van der Waals surface area contributed by atoms with Gasteiger partial charge in [0, 0.05) is 11.7 Å². The van der Waals surface area contributed by atoms with Crippen LogP contribution in [-0.4, -0.2) is 40.8 Å². The number of nitrogens with one attached hydrogen (secondary N) is 4. The van der Waals surface area contributed by atoms with Crippen LogP contribution in [0.2, 0.25) is 0 Å². The SMILES string of the molecule is CC(C)NS(=O)(=O)c1ccc(NC(=O)C(C)Sc2n[nH]c(=O)[nH]c2=O)cc1. The molecule has 10 nitrogen and oxygen atoms in total. The van der Waals surface area contributed by atoms with Gasteiger partial charge in [-0.1, -0.05) is 11.8 Å². The van der Waals surface area contributed by atoms with Crippen molar-refractivity contribution < 1.29 is 13.2 Å². The Morgan fingerprint density at radius 1 is 1.15 bits per heavy atom. The highest BCUT2D eigenvalue weighted by atomic mass is 32.2. The predicted octanol–water partition coefficient (Wildman–Crippen LogP) is 0.264. The lowest BCUT2D eigenvalue weighted by Crippen LogP contribution is -2.30. The van der Waals surface area contributed by atoms with Crippen molar-refractivity contribution >= 4 is 33.4 Å².